The Morgan fingerprint density at radius 1 is 1.04 bits per heavy atom. The van der Waals surface area contributed by atoms with Crippen LogP contribution in [0.25, 0.3) is 5.69 Å². The molecular weight excluding hydrogens is 324 g/mol. The summed E-state index contributed by atoms with van der Waals surface area (Å²) in [4.78, 5) is 15.0. The minimum Gasteiger partial charge on any atom is -0.497 e. The van der Waals surface area contributed by atoms with E-state index in [-0.39, 0.29) is 5.91 Å². The van der Waals surface area contributed by atoms with Crippen LogP contribution in [0.15, 0.2) is 73.1 Å². The van der Waals surface area contributed by atoms with Gasteiger partial charge in [0, 0.05) is 36.2 Å². The highest BCUT2D eigenvalue weighted by Crippen LogP contribution is 2.30. The van der Waals surface area contributed by atoms with Gasteiger partial charge in [-0.25, -0.2) is 0 Å². The maximum atomic E-state index is 13.0. The van der Waals surface area contributed by atoms with Crippen molar-refractivity contribution < 1.29 is 9.53 Å². The standard InChI is InChI=1S/C22H22N2O2/c1-26-21-12-4-17(5-13-21)16-24(20-10-11-20)22(25)18-6-8-19(9-7-18)23-14-2-3-15-23/h2-9,12-15,20H,10-11,16H2,1H3. The minimum atomic E-state index is 0.0994. The number of aromatic nitrogens is 1. The van der Waals surface area contributed by atoms with Gasteiger partial charge < -0.3 is 14.2 Å². The van der Waals surface area contributed by atoms with Gasteiger partial charge in [-0.1, -0.05) is 12.1 Å². The molecule has 1 saturated carbocycles. The molecule has 1 aliphatic carbocycles. The number of amides is 1. The zero-order valence-corrected chi connectivity index (χ0v) is 14.8. The number of benzene rings is 2. The Kier molecular flexibility index (Phi) is 4.48. The minimum absolute atomic E-state index is 0.0994. The highest BCUT2D eigenvalue weighted by molar-refractivity contribution is 5.94. The van der Waals surface area contributed by atoms with E-state index in [0.29, 0.717) is 12.6 Å². The third kappa shape index (κ3) is 3.49. The van der Waals surface area contributed by atoms with Crippen molar-refractivity contribution in [3.05, 3.63) is 84.2 Å². The second kappa shape index (κ2) is 7.08. The van der Waals surface area contributed by atoms with E-state index < -0.39 is 0 Å². The van der Waals surface area contributed by atoms with Gasteiger partial charge in [-0.3, -0.25) is 4.79 Å². The molecule has 0 N–H and O–H groups in total. The SMILES string of the molecule is COc1ccc(CN(C(=O)c2ccc(-n3cccc3)cc2)C2CC2)cc1. The molecule has 0 saturated heterocycles. The Morgan fingerprint density at radius 3 is 2.27 bits per heavy atom. The number of rotatable bonds is 6. The molecule has 4 nitrogen and oxygen atoms in total. The van der Waals surface area contributed by atoms with Crippen molar-refractivity contribution in [2.45, 2.75) is 25.4 Å². The Labute approximate surface area is 153 Å². The molecule has 1 fully saturated rings. The van der Waals surface area contributed by atoms with E-state index in [9.17, 15) is 4.79 Å². The lowest BCUT2D eigenvalue weighted by molar-refractivity contribution is 0.0730. The first-order chi connectivity index (χ1) is 12.7. The molecule has 0 radical (unpaired) electrons. The Morgan fingerprint density at radius 2 is 1.69 bits per heavy atom. The highest BCUT2D eigenvalue weighted by Gasteiger charge is 2.33. The quantitative estimate of drug-likeness (QED) is 0.667. The molecule has 1 aromatic heterocycles. The smallest absolute Gasteiger partial charge is 0.254 e. The van der Waals surface area contributed by atoms with Crippen LogP contribution < -0.4 is 4.74 Å². The van der Waals surface area contributed by atoms with Crippen LogP contribution in [-0.2, 0) is 6.54 Å². The maximum absolute atomic E-state index is 13.0. The summed E-state index contributed by atoms with van der Waals surface area (Å²) in [6.07, 6.45) is 6.17. The van der Waals surface area contributed by atoms with Crippen LogP contribution in [0.4, 0.5) is 0 Å². The largest absolute Gasteiger partial charge is 0.497 e. The van der Waals surface area contributed by atoms with Crippen LogP contribution in [0, 0.1) is 0 Å². The van der Waals surface area contributed by atoms with Gasteiger partial charge in [0.2, 0.25) is 0 Å². The van der Waals surface area contributed by atoms with Gasteiger partial charge in [0.15, 0.2) is 0 Å². The van der Waals surface area contributed by atoms with Crippen molar-refractivity contribution in [1.82, 2.24) is 9.47 Å². The number of nitrogens with zero attached hydrogens (tertiary/aromatic N) is 2. The lowest BCUT2D eigenvalue weighted by atomic mass is 10.1. The molecule has 0 spiro atoms. The zero-order chi connectivity index (χ0) is 17.9. The van der Waals surface area contributed by atoms with Gasteiger partial charge >= 0.3 is 0 Å². The van der Waals surface area contributed by atoms with Crippen molar-refractivity contribution in [2.24, 2.45) is 0 Å². The van der Waals surface area contributed by atoms with E-state index in [1.165, 1.54) is 0 Å². The van der Waals surface area contributed by atoms with Crippen LogP contribution in [0.2, 0.25) is 0 Å². The van der Waals surface area contributed by atoms with E-state index >= 15 is 0 Å². The fraction of sp³-hybridized carbons (Fsp3) is 0.227. The Balaban J connectivity index is 1.51. The first kappa shape index (κ1) is 16.5. The number of hydrogen-bond donors (Lipinski definition) is 0. The van der Waals surface area contributed by atoms with Gasteiger partial charge in [-0.05, 0) is 66.9 Å². The lowest BCUT2D eigenvalue weighted by Crippen LogP contribution is -2.32. The molecule has 4 heteroatoms. The third-order valence-electron chi connectivity index (χ3n) is 4.78. The van der Waals surface area contributed by atoms with Crippen LogP contribution >= 0.6 is 0 Å². The molecule has 1 amide bonds. The predicted octanol–water partition coefficient (Wildman–Crippen LogP) is 4.29. The average molecular weight is 346 g/mol. The summed E-state index contributed by atoms with van der Waals surface area (Å²) in [6, 6.07) is 20.1. The van der Waals surface area contributed by atoms with E-state index in [1.54, 1.807) is 7.11 Å². The van der Waals surface area contributed by atoms with Crippen LogP contribution in [-0.4, -0.2) is 28.5 Å². The number of carbonyl (C=O) groups is 1. The second-order valence-corrected chi connectivity index (χ2v) is 6.65. The van der Waals surface area contributed by atoms with Crippen LogP contribution in [0.1, 0.15) is 28.8 Å². The summed E-state index contributed by atoms with van der Waals surface area (Å²) in [5.41, 5.74) is 2.91. The first-order valence-electron chi connectivity index (χ1n) is 8.92. The number of carbonyl (C=O) groups excluding carboxylic acids is 1. The van der Waals surface area contributed by atoms with Crippen molar-refractivity contribution in [3.63, 3.8) is 0 Å². The van der Waals surface area contributed by atoms with Crippen molar-refractivity contribution in [3.8, 4) is 11.4 Å². The average Bonchev–Trinajstić information content (AvgIpc) is 3.39. The molecule has 2 aromatic carbocycles. The number of methoxy groups -OCH3 is 1. The van der Waals surface area contributed by atoms with E-state index in [1.807, 2.05) is 82.5 Å². The molecule has 0 aliphatic heterocycles. The van der Waals surface area contributed by atoms with Crippen molar-refractivity contribution in [1.29, 1.82) is 0 Å². The first-order valence-corrected chi connectivity index (χ1v) is 8.92. The van der Waals surface area contributed by atoms with Gasteiger partial charge in [0.1, 0.15) is 5.75 Å². The summed E-state index contributed by atoms with van der Waals surface area (Å²) in [7, 11) is 1.66. The normalized spacial score (nSPS) is 13.4. The molecule has 26 heavy (non-hydrogen) atoms. The Hall–Kier alpha value is -3.01. The molecule has 3 aromatic rings. The number of hydrogen-bond acceptors (Lipinski definition) is 2. The summed E-state index contributed by atoms with van der Waals surface area (Å²) >= 11 is 0. The van der Waals surface area contributed by atoms with Crippen LogP contribution in [0.3, 0.4) is 0 Å². The molecule has 0 bridgehead atoms. The maximum Gasteiger partial charge on any atom is 0.254 e. The molecule has 132 valence electrons. The number of ether oxygens (including phenoxy) is 1. The van der Waals surface area contributed by atoms with E-state index in [0.717, 1.165) is 35.4 Å². The van der Waals surface area contributed by atoms with Crippen molar-refractivity contribution in [2.75, 3.05) is 7.11 Å². The van der Waals surface area contributed by atoms with Crippen LogP contribution in [0.5, 0.6) is 5.75 Å². The third-order valence-corrected chi connectivity index (χ3v) is 4.78. The van der Waals surface area contributed by atoms with Gasteiger partial charge in [-0.2, -0.15) is 0 Å². The zero-order valence-electron chi connectivity index (χ0n) is 14.8. The van der Waals surface area contributed by atoms with E-state index in [2.05, 4.69) is 0 Å². The summed E-state index contributed by atoms with van der Waals surface area (Å²) in [5.74, 6) is 0.932. The van der Waals surface area contributed by atoms with E-state index in [4.69, 9.17) is 4.74 Å². The summed E-state index contributed by atoms with van der Waals surface area (Å²) < 4.78 is 7.24. The fourth-order valence-electron chi connectivity index (χ4n) is 3.13. The molecule has 4 rings (SSSR count). The topological polar surface area (TPSA) is 34.5 Å². The summed E-state index contributed by atoms with van der Waals surface area (Å²) in [5, 5.41) is 0. The van der Waals surface area contributed by atoms with Gasteiger partial charge in [-0.15, -0.1) is 0 Å². The molecule has 0 atom stereocenters. The molecule has 1 aliphatic rings. The fourth-order valence-corrected chi connectivity index (χ4v) is 3.13. The predicted molar refractivity (Wildman–Crippen MR) is 102 cm³/mol. The summed E-state index contributed by atoms with van der Waals surface area (Å²) in [6.45, 7) is 0.632. The van der Waals surface area contributed by atoms with Crippen molar-refractivity contribution >= 4 is 5.91 Å². The lowest BCUT2D eigenvalue weighted by Gasteiger charge is -2.23. The molecule has 0 unspecified atom stereocenters. The highest BCUT2D eigenvalue weighted by atomic mass is 16.5. The molecular formula is C22H22N2O2. The second-order valence-electron chi connectivity index (χ2n) is 6.65. The Bertz CT molecular complexity index is 864. The molecule has 1 heterocycles. The van der Waals surface area contributed by atoms with Gasteiger partial charge in [0.05, 0.1) is 7.11 Å². The monoisotopic (exact) mass is 346 g/mol. The van der Waals surface area contributed by atoms with Gasteiger partial charge in [0.25, 0.3) is 5.91 Å².